The van der Waals surface area contributed by atoms with Gasteiger partial charge >= 0.3 is 0 Å². The predicted octanol–water partition coefficient (Wildman–Crippen LogP) is 1.41. The van der Waals surface area contributed by atoms with Crippen molar-refractivity contribution in [3.05, 3.63) is 17.5 Å². The van der Waals surface area contributed by atoms with Gasteiger partial charge in [0, 0.05) is 32.2 Å². The molecule has 1 N–H and O–H groups in total. The first kappa shape index (κ1) is 19.0. The smallest absolute Gasteiger partial charge is 0.274 e. The van der Waals surface area contributed by atoms with Crippen LogP contribution in [0.3, 0.4) is 0 Å². The molecule has 4 rings (SSSR count). The van der Waals surface area contributed by atoms with Crippen LogP contribution in [0.25, 0.3) is 0 Å². The molecule has 0 bridgehead atoms. The minimum absolute atomic E-state index is 0.130. The molecule has 1 aromatic rings. The van der Waals surface area contributed by atoms with Gasteiger partial charge in [0.05, 0.1) is 6.54 Å². The molecule has 3 amide bonds. The molecule has 0 radical (unpaired) electrons. The number of carbonyl (C=O) groups excluding carboxylic acids is 3. The molecule has 152 valence electrons. The highest BCUT2D eigenvalue weighted by Gasteiger charge is 2.47. The van der Waals surface area contributed by atoms with E-state index in [0.29, 0.717) is 11.4 Å². The Morgan fingerprint density at radius 2 is 1.82 bits per heavy atom. The Morgan fingerprint density at radius 1 is 1.14 bits per heavy atom. The van der Waals surface area contributed by atoms with Crippen LogP contribution in [0.1, 0.15) is 72.8 Å². The van der Waals surface area contributed by atoms with Gasteiger partial charge in [-0.25, -0.2) is 0 Å². The van der Waals surface area contributed by atoms with Gasteiger partial charge < -0.3 is 15.1 Å². The molecule has 0 aromatic carbocycles. The first-order valence-electron chi connectivity index (χ1n) is 10.4. The number of aromatic nitrogens is 2. The molecular weight excluding hydrogens is 358 g/mol. The number of likely N-dealkylation sites (N-methyl/N-ethyl adjacent to an activating group) is 1. The van der Waals surface area contributed by atoms with E-state index >= 15 is 0 Å². The van der Waals surface area contributed by atoms with E-state index in [1.165, 1.54) is 9.58 Å². The molecule has 1 aromatic heterocycles. The fraction of sp³-hybridized carbons (Fsp3) is 0.700. The molecule has 2 aliphatic heterocycles. The lowest BCUT2D eigenvalue weighted by Gasteiger charge is -2.41. The summed E-state index contributed by atoms with van der Waals surface area (Å²) in [6.07, 6.45) is 7.37. The number of fused-ring (bicyclic) bond motifs is 1. The van der Waals surface area contributed by atoms with Crippen LogP contribution < -0.4 is 5.32 Å². The zero-order chi connectivity index (χ0) is 19.9. The van der Waals surface area contributed by atoms with E-state index in [-0.39, 0.29) is 30.3 Å². The van der Waals surface area contributed by atoms with Crippen molar-refractivity contribution in [2.75, 3.05) is 20.1 Å². The van der Waals surface area contributed by atoms with Crippen LogP contribution in [-0.2, 0) is 11.3 Å². The van der Waals surface area contributed by atoms with Gasteiger partial charge in [-0.15, -0.1) is 0 Å². The summed E-state index contributed by atoms with van der Waals surface area (Å²) in [5.41, 5.74) is -0.363. The number of piperidine rings is 1. The molecule has 0 spiro atoms. The molecule has 8 nitrogen and oxygen atoms in total. The van der Waals surface area contributed by atoms with Crippen molar-refractivity contribution in [3.8, 4) is 0 Å². The molecule has 1 atom stereocenters. The number of hydrogen-bond donors (Lipinski definition) is 1. The Morgan fingerprint density at radius 3 is 2.50 bits per heavy atom. The maximum absolute atomic E-state index is 13.0. The number of likely N-dealkylation sites (tertiary alicyclic amines) is 1. The minimum Gasteiger partial charge on any atom is -0.351 e. The molecule has 1 unspecified atom stereocenters. The van der Waals surface area contributed by atoms with E-state index in [2.05, 4.69) is 10.4 Å². The lowest BCUT2D eigenvalue weighted by Crippen LogP contribution is -2.63. The molecule has 3 aliphatic rings. The maximum Gasteiger partial charge on any atom is 0.274 e. The van der Waals surface area contributed by atoms with Crippen molar-refractivity contribution >= 4 is 17.7 Å². The van der Waals surface area contributed by atoms with Crippen LogP contribution in [-0.4, -0.2) is 69.0 Å². The summed E-state index contributed by atoms with van der Waals surface area (Å²) in [6.45, 7) is 3.48. The quantitative estimate of drug-likeness (QED) is 0.850. The van der Waals surface area contributed by atoms with Gasteiger partial charge in [-0.2, -0.15) is 5.10 Å². The summed E-state index contributed by atoms with van der Waals surface area (Å²) in [7, 11) is 1.65. The fourth-order valence-corrected chi connectivity index (χ4v) is 4.50. The van der Waals surface area contributed by atoms with Crippen LogP contribution in [0.5, 0.6) is 0 Å². The van der Waals surface area contributed by atoms with Crippen molar-refractivity contribution in [2.45, 2.75) is 70.0 Å². The van der Waals surface area contributed by atoms with Crippen LogP contribution in [0.15, 0.2) is 6.07 Å². The number of hydrogen-bond acceptors (Lipinski definition) is 4. The van der Waals surface area contributed by atoms with Gasteiger partial charge in [-0.1, -0.05) is 12.8 Å². The van der Waals surface area contributed by atoms with Gasteiger partial charge in [-0.3, -0.25) is 19.1 Å². The van der Waals surface area contributed by atoms with E-state index in [9.17, 15) is 14.4 Å². The first-order valence-corrected chi connectivity index (χ1v) is 10.4. The number of carbonyl (C=O) groups is 3. The van der Waals surface area contributed by atoms with Gasteiger partial charge in [0.2, 0.25) is 5.91 Å². The zero-order valence-electron chi connectivity index (χ0n) is 16.7. The van der Waals surface area contributed by atoms with Crippen LogP contribution in [0.2, 0.25) is 0 Å². The van der Waals surface area contributed by atoms with Crippen LogP contribution in [0.4, 0.5) is 0 Å². The second-order valence-electron chi connectivity index (χ2n) is 8.52. The largest absolute Gasteiger partial charge is 0.351 e. The normalized spacial score (nSPS) is 25.7. The van der Waals surface area contributed by atoms with Crippen LogP contribution >= 0.6 is 0 Å². The average molecular weight is 387 g/mol. The third kappa shape index (κ3) is 3.18. The molecule has 3 heterocycles. The summed E-state index contributed by atoms with van der Waals surface area (Å²) >= 11 is 0. The van der Waals surface area contributed by atoms with Gasteiger partial charge in [0.1, 0.15) is 11.2 Å². The predicted molar refractivity (Wildman–Crippen MR) is 103 cm³/mol. The third-order valence-corrected chi connectivity index (χ3v) is 6.54. The molecule has 1 aliphatic carbocycles. The van der Waals surface area contributed by atoms with Crippen molar-refractivity contribution in [1.82, 2.24) is 24.9 Å². The summed E-state index contributed by atoms with van der Waals surface area (Å²) < 4.78 is 1.54. The molecule has 8 heteroatoms. The standard InChI is InChI=1S/C20H29N5O3/c1-20(19(28)21-14-8-4-5-9-14)13-25-16(18(27)23(20)2)12-15(22-25)17(26)24-10-6-3-7-11-24/h12,14H,3-11,13H2,1-2H3,(H,21,28). The van der Waals surface area contributed by atoms with Gasteiger partial charge in [-0.05, 0) is 39.0 Å². The molecular formula is C20H29N5O3. The number of nitrogens with one attached hydrogen (secondary N) is 1. The summed E-state index contributed by atoms with van der Waals surface area (Å²) in [6, 6.07) is 1.76. The Labute approximate surface area is 165 Å². The Hall–Kier alpha value is -2.38. The second kappa shape index (κ2) is 7.22. The Balaban J connectivity index is 1.56. The Bertz CT molecular complexity index is 792. The molecule has 28 heavy (non-hydrogen) atoms. The SMILES string of the molecule is CN1C(=O)c2cc(C(=O)N3CCCCC3)nn2CC1(C)C(=O)NC1CCCC1. The Kier molecular flexibility index (Phi) is 4.89. The summed E-state index contributed by atoms with van der Waals surface area (Å²) in [5, 5.41) is 7.52. The van der Waals surface area contributed by atoms with E-state index < -0.39 is 5.54 Å². The number of amides is 3. The fourth-order valence-electron chi connectivity index (χ4n) is 4.50. The molecule has 1 saturated heterocycles. The van der Waals surface area contributed by atoms with Crippen molar-refractivity contribution in [3.63, 3.8) is 0 Å². The van der Waals surface area contributed by atoms with Crippen molar-refractivity contribution in [2.24, 2.45) is 0 Å². The minimum atomic E-state index is -1.02. The second-order valence-corrected chi connectivity index (χ2v) is 8.52. The maximum atomic E-state index is 13.0. The summed E-state index contributed by atoms with van der Waals surface area (Å²) in [5.74, 6) is -0.560. The van der Waals surface area contributed by atoms with E-state index in [1.807, 2.05) is 0 Å². The van der Waals surface area contributed by atoms with Crippen molar-refractivity contribution < 1.29 is 14.4 Å². The zero-order valence-corrected chi connectivity index (χ0v) is 16.7. The third-order valence-electron chi connectivity index (χ3n) is 6.54. The average Bonchev–Trinajstić information content (AvgIpc) is 3.36. The first-order chi connectivity index (χ1) is 13.4. The number of nitrogens with zero attached hydrogens (tertiary/aromatic N) is 4. The summed E-state index contributed by atoms with van der Waals surface area (Å²) in [4.78, 5) is 42.0. The highest BCUT2D eigenvalue weighted by atomic mass is 16.2. The van der Waals surface area contributed by atoms with E-state index in [0.717, 1.165) is 58.0 Å². The lowest BCUT2D eigenvalue weighted by atomic mass is 9.95. The van der Waals surface area contributed by atoms with Gasteiger partial charge in [0.25, 0.3) is 11.8 Å². The van der Waals surface area contributed by atoms with Crippen LogP contribution in [0, 0.1) is 0 Å². The topological polar surface area (TPSA) is 87.5 Å². The lowest BCUT2D eigenvalue weighted by molar-refractivity contribution is -0.133. The van der Waals surface area contributed by atoms with E-state index in [4.69, 9.17) is 0 Å². The highest BCUT2D eigenvalue weighted by Crippen LogP contribution is 2.28. The van der Waals surface area contributed by atoms with E-state index in [1.54, 1.807) is 24.9 Å². The van der Waals surface area contributed by atoms with Gasteiger partial charge in [0.15, 0.2) is 5.69 Å². The number of rotatable bonds is 3. The molecule has 1 saturated carbocycles. The highest BCUT2D eigenvalue weighted by molar-refractivity contribution is 6.01. The van der Waals surface area contributed by atoms with Crippen molar-refractivity contribution in [1.29, 1.82) is 0 Å². The molecule has 2 fully saturated rings. The monoisotopic (exact) mass is 387 g/mol.